The third-order valence-corrected chi connectivity index (χ3v) is 4.86. The molecule has 0 fully saturated rings. The number of rotatable bonds is 4. The molecular weight excluding hydrogens is 336 g/mol. The van der Waals surface area contributed by atoms with Crippen molar-refractivity contribution in [3.63, 3.8) is 0 Å². The third kappa shape index (κ3) is 2.99. The highest BCUT2D eigenvalue weighted by atomic mass is 15.2. The van der Waals surface area contributed by atoms with Gasteiger partial charge in [-0.15, -0.1) is 0 Å². The normalized spacial score (nSPS) is 13.2. The highest BCUT2D eigenvalue weighted by molar-refractivity contribution is 5.91. The first-order chi connectivity index (χ1) is 13.4. The summed E-state index contributed by atoms with van der Waals surface area (Å²) >= 11 is 0. The molecule has 2 aromatic heterocycles. The standard InChI is InChI=1S/C21H20N6/c1-2-7-14(8-3-1)13-23-20-19-17(11-6-12-22-19)24-21(25-20)18-15-9-4-5-10-16(15)26-27-18/h1-5,7-10,22H,6,11-13H2,(H,26,27)(H,23,24,25). The zero-order chi connectivity index (χ0) is 18.1. The Hall–Kier alpha value is -3.41. The van der Waals surface area contributed by atoms with Crippen LogP contribution in [-0.2, 0) is 13.0 Å². The molecule has 6 heteroatoms. The van der Waals surface area contributed by atoms with Gasteiger partial charge in [-0.05, 0) is 24.5 Å². The van der Waals surface area contributed by atoms with E-state index in [-0.39, 0.29) is 0 Å². The molecule has 4 aromatic rings. The molecule has 134 valence electrons. The van der Waals surface area contributed by atoms with E-state index in [1.807, 2.05) is 42.5 Å². The molecular formula is C21H20N6. The minimum Gasteiger partial charge on any atom is -0.381 e. The summed E-state index contributed by atoms with van der Waals surface area (Å²) in [6, 6.07) is 18.4. The summed E-state index contributed by atoms with van der Waals surface area (Å²) < 4.78 is 0. The maximum atomic E-state index is 4.83. The molecule has 0 saturated heterocycles. The lowest BCUT2D eigenvalue weighted by molar-refractivity contribution is 0.795. The van der Waals surface area contributed by atoms with Gasteiger partial charge in [0.2, 0.25) is 0 Å². The summed E-state index contributed by atoms with van der Waals surface area (Å²) in [5.41, 5.74) is 5.06. The highest BCUT2D eigenvalue weighted by Gasteiger charge is 2.20. The van der Waals surface area contributed by atoms with Gasteiger partial charge < -0.3 is 10.6 Å². The van der Waals surface area contributed by atoms with Gasteiger partial charge >= 0.3 is 0 Å². The topological polar surface area (TPSA) is 78.5 Å². The van der Waals surface area contributed by atoms with E-state index in [4.69, 9.17) is 9.97 Å². The molecule has 1 aliphatic heterocycles. The summed E-state index contributed by atoms with van der Waals surface area (Å²) in [6.45, 7) is 1.66. The second-order valence-corrected chi connectivity index (χ2v) is 6.70. The van der Waals surface area contributed by atoms with Gasteiger partial charge in [-0.3, -0.25) is 5.10 Å². The molecule has 0 atom stereocenters. The molecule has 0 spiro atoms. The fourth-order valence-electron chi connectivity index (χ4n) is 3.49. The van der Waals surface area contributed by atoms with Crippen molar-refractivity contribution in [2.24, 2.45) is 0 Å². The second kappa shape index (κ2) is 6.72. The van der Waals surface area contributed by atoms with E-state index in [2.05, 4.69) is 33.0 Å². The van der Waals surface area contributed by atoms with Gasteiger partial charge in [0.05, 0.1) is 16.9 Å². The van der Waals surface area contributed by atoms with Crippen molar-refractivity contribution in [3.05, 3.63) is 65.9 Å². The third-order valence-electron chi connectivity index (χ3n) is 4.86. The van der Waals surface area contributed by atoms with E-state index < -0.39 is 0 Å². The molecule has 3 heterocycles. The van der Waals surface area contributed by atoms with Gasteiger partial charge in [-0.2, -0.15) is 5.10 Å². The van der Waals surface area contributed by atoms with Crippen LogP contribution in [0, 0.1) is 0 Å². The van der Waals surface area contributed by atoms with Crippen LogP contribution < -0.4 is 10.6 Å². The number of nitrogens with zero attached hydrogens (tertiary/aromatic N) is 3. The number of aryl methyl sites for hydroxylation is 1. The first-order valence-electron chi connectivity index (χ1n) is 9.24. The molecule has 5 rings (SSSR count). The molecule has 27 heavy (non-hydrogen) atoms. The van der Waals surface area contributed by atoms with Crippen LogP contribution >= 0.6 is 0 Å². The number of aromatic amines is 1. The minimum atomic E-state index is 0.658. The van der Waals surface area contributed by atoms with E-state index >= 15 is 0 Å². The lowest BCUT2D eigenvalue weighted by Gasteiger charge is -2.21. The first kappa shape index (κ1) is 15.8. The van der Waals surface area contributed by atoms with Gasteiger partial charge in [0.15, 0.2) is 11.6 Å². The van der Waals surface area contributed by atoms with Gasteiger partial charge in [0.1, 0.15) is 5.69 Å². The summed E-state index contributed by atoms with van der Waals surface area (Å²) in [4.78, 5) is 9.65. The Balaban J connectivity index is 1.56. The predicted molar refractivity (Wildman–Crippen MR) is 108 cm³/mol. The first-order valence-corrected chi connectivity index (χ1v) is 9.24. The van der Waals surface area contributed by atoms with E-state index in [0.29, 0.717) is 12.4 Å². The zero-order valence-electron chi connectivity index (χ0n) is 14.9. The van der Waals surface area contributed by atoms with Crippen molar-refractivity contribution in [2.75, 3.05) is 17.2 Å². The average Bonchev–Trinajstić information content (AvgIpc) is 3.17. The van der Waals surface area contributed by atoms with Crippen molar-refractivity contribution in [2.45, 2.75) is 19.4 Å². The Kier molecular flexibility index (Phi) is 3.93. The lowest BCUT2D eigenvalue weighted by Crippen LogP contribution is -2.17. The van der Waals surface area contributed by atoms with Crippen molar-refractivity contribution in [3.8, 4) is 11.5 Å². The number of hydrogen-bond acceptors (Lipinski definition) is 5. The number of H-pyrrole nitrogens is 1. The van der Waals surface area contributed by atoms with Crippen molar-refractivity contribution in [1.82, 2.24) is 20.2 Å². The maximum Gasteiger partial charge on any atom is 0.183 e. The van der Waals surface area contributed by atoms with Gasteiger partial charge in [-0.1, -0.05) is 48.5 Å². The van der Waals surface area contributed by atoms with E-state index in [1.54, 1.807) is 0 Å². The van der Waals surface area contributed by atoms with Crippen molar-refractivity contribution >= 4 is 22.4 Å². The van der Waals surface area contributed by atoms with E-state index in [1.165, 1.54) is 5.56 Å². The van der Waals surface area contributed by atoms with Crippen LogP contribution in [0.5, 0.6) is 0 Å². The smallest absolute Gasteiger partial charge is 0.183 e. The van der Waals surface area contributed by atoms with Crippen molar-refractivity contribution in [1.29, 1.82) is 0 Å². The predicted octanol–water partition coefficient (Wildman–Crippen LogP) is 3.99. The number of hydrogen-bond donors (Lipinski definition) is 3. The maximum absolute atomic E-state index is 4.83. The molecule has 0 radical (unpaired) electrons. The summed E-state index contributed by atoms with van der Waals surface area (Å²) in [6.07, 6.45) is 2.02. The number of para-hydroxylation sites is 1. The van der Waals surface area contributed by atoms with E-state index in [0.717, 1.165) is 53.2 Å². The van der Waals surface area contributed by atoms with Gasteiger partial charge in [0, 0.05) is 18.5 Å². The number of aromatic nitrogens is 4. The van der Waals surface area contributed by atoms with Crippen LogP contribution in [0.2, 0.25) is 0 Å². The average molecular weight is 356 g/mol. The number of fused-ring (bicyclic) bond motifs is 2. The molecule has 0 aliphatic carbocycles. The molecule has 0 bridgehead atoms. The fourth-order valence-corrected chi connectivity index (χ4v) is 3.49. The molecule has 1 aliphatic rings. The minimum absolute atomic E-state index is 0.658. The van der Waals surface area contributed by atoms with Crippen LogP contribution in [0.1, 0.15) is 17.7 Å². The quantitative estimate of drug-likeness (QED) is 0.515. The fraction of sp³-hybridized carbons (Fsp3) is 0.190. The Morgan fingerprint density at radius 1 is 0.963 bits per heavy atom. The zero-order valence-corrected chi connectivity index (χ0v) is 14.9. The lowest BCUT2D eigenvalue weighted by atomic mass is 10.1. The van der Waals surface area contributed by atoms with E-state index in [9.17, 15) is 0 Å². The molecule has 2 aromatic carbocycles. The Labute approximate surface area is 157 Å². The van der Waals surface area contributed by atoms with Crippen molar-refractivity contribution < 1.29 is 0 Å². The van der Waals surface area contributed by atoms with Crippen LogP contribution in [-0.4, -0.2) is 26.7 Å². The number of anilines is 2. The summed E-state index contributed by atoms with van der Waals surface area (Å²) in [5.74, 6) is 1.50. The molecule has 6 nitrogen and oxygen atoms in total. The number of benzene rings is 2. The Bertz CT molecular complexity index is 1090. The molecule has 0 unspecified atom stereocenters. The monoisotopic (exact) mass is 356 g/mol. The SMILES string of the molecule is c1ccc(CNc2nc(-c3n[nH]c4ccccc34)nc3c2NCCC3)cc1. The largest absolute Gasteiger partial charge is 0.381 e. The molecule has 3 N–H and O–H groups in total. The summed E-state index contributed by atoms with van der Waals surface area (Å²) in [5, 5.41) is 15.5. The Morgan fingerprint density at radius 2 is 1.81 bits per heavy atom. The highest BCUT2D eigenvalue weighted by Crippen LogP contribution is 2.32. The molecule has 0 saturated carbocycles. The van der Waals surface area contributed by atoms with Gasteiger partial charge in [-0.25, -0.2) is 9.97 Å². The van der Waals surface area contributed by atoms with Crippen LogP contribution in [0.3, 0.4) is 0 Å². The van der Waals surface area contributed by atoms with Crippen LogP contribution in [0.25, 0.3) is 22.4 Å². The second-order valence-electron chi connectivity index (χ2n) is 6.70. The molecule has 0 amide bonds. The van der Waals surface area contributed by atoms with Gasteiger partial charge in [0.25, 0.3) is 0 Å². The number of nitrogens with one attached hydrogen (secondary N) is 3. The Morgan fingerprint density at radius 3 is 2.74 bits per heavy atom. The van der Waals surface area contributed by atoms with Crippen LogP contribution in [0.4, 0.5) is 11.5 Å². The van der Waals surface area contributed by atoms with Crippen LogP contribution in [0.15, 0.2) is 54.6 Å². The summed E-state index contributed by atoms with van der Waals surface area (Å²) in [7, 11) is 0.